The van der Waals surface area contributed by atoms with E-state index in [0.29, 0.717) is 18.1 Å². The molecule has 0 aliphatic carbocycles. The Bertz CT molecular complexity index is 388. The van der Waals surface area contributed by atoms with Crippen LogP contribution in [0.5, 0.6) is 5.75 Å². The van der Waals surface area contributed by atoms with Crippen LogP contribution < -0.4 is 15.4 Å². The average molecular weight is 278 g/mol. The smallest absolute Gasteiger partial charge is 0.118 e. The minimum absolute atomic E-state index is 0.334. The van der Waals surface area contributed by atoms with E-state index in [2.05, 4.69) is 36.6 Å². The zero-order valence-corrected chi connectivity index (χ0v) is 12.7. The Morgan fingerprint density at radius 1 is 1.35 bits per heavy atom. The Kier molecular flexibility index (Phi) is 5.83. The van der Waals surface area contributed by atoms with Crippen molar-refractivity contribution in [2.45, 2.75) is 38.4 Å². The molecule has 112 valence electrons. The van der Waals surface area contributed by atoms with Crippen molar-refractivity contribution in [3.63, 3.8) is 0 Å². The maximum atomic E-state index is 5.49. The summed E-state index contributed by atoms with van der Waals surface area (Å²) in [5, 5.41) is 7.14. The second-order valence-electron chi connectivity index (χ2n) is 5.52. The second kappa shape index (κ2) is 7.62. The van der Waals surface area contributed by atoms with E-state index in [-0.39, 0.29) is 0 Å². The lowest BCUT2D eigenvalue weighted by Gasteiger charge is -2.28. The molecule has 0 spiro atoms. The number of hydrogen-bond donors (Lipinski definition) is 2. The number of methoxy groups -OCH3 is 1. The van der Waals surface area contributed by atoms with Gasteiger partial charge in [-0.15, -0.1) is 0 Å². The van der Waals surface area contributed by atoms with E-state index in [4.69, 9.17) is 9.47 Å². The lowest BCUT2D eigenvalue weighted by molar-refractivity contribution is 0.0708. The maximum Gasteiger partial charge on any atom is 0.118 e. The van der Waals surface area contributed by atoms with Gasteiger partial charge in [-0.1, -0.05) is 12.1 Å². The monoisotopic (exact) mass is 278 g/mol. The highest BCUT2D eigenvalue weighted by Gasteiger charge is 2.17. The summed E-state index contributed by atoms with van der Waals surface area (Å²) in [7, 11) is 1.69. The molecule has 0 saturated carbocycles. The quantitative estimate of drug-likeness (QED) is 0.836. The van der Waals surface area contributed by atoms with Crippen LogP contribution in [-0.4, -0.2) is 39.0 Å². The van der Waals surface area contributed by atoms with Gasteiger partial charge >= 0.3 is 0 Å². The highest BCUT2D eigenvalue weighted by Crippen LogP contribution is 2.18. The van der Waals surface area contributed by atoms with Gasteiger partial charge < -0.3 is 20.1 Å². The van der Waals surface area contributed by atoms with Gasteiger partial charge in [0.15, 0.2) is 0 Å². The summed E-state index contributed by atoms with van der Waals surface area (Å²) in [6.45, 7) is 7.05. The van der Waals surface area contributed by atoms with E-state index < -0.39 is 0 Å². The van der Waals surface area contributed by atoms with Crippen molar-refractivity contribution in [1.29, 1.82) is 0 Å². The summed E-state index contributed by atoms with van der Waals surface area (Å²) in [4.78, 5) is 0. The van der Waals surface area contributed by atoms with Crippen molar-refractivity contribution in [2.75, 3.05) is 26.9 Å². The molecule has 2 rings (SSSR count). The SMILES string of the molecule is COc1ccc([C@H](C)NC(C)CC2COCCN2)cc1. The molecule has 1 aliphatic rings. The molecule has 1 aliphatic heterocycles. The summed E-state index contributed by atoms with van der Waals surface area (Å²) in [5.74, 6) is 0.901. The minimum atomic E-state index is 0.334. The highest BCUT2D eigenvalue weighted by molar-refractivity contribution is 5.28. The predicted molar refractivity (Wildman–Crippen MR) is 81.2 cm³/mol. The van der Waals surface area contributed by atoms with Gasteiger partial charge in [0.25, 0.3) is 0 Å². The summed E-state index contributed by atoms with van der Waals surface area (Å²) >= 11 is 0. The fourth-order valence-electron chi connectivity index (χ4n) is 2.68. The number of nitrogens with one attached hydrogen (secondary N) is 2. The van der Waals surface area contributed by atoms with Crippen LogP contribution in [0.4, 0.5) is 0 Å². The molecule has 2 unspecified atom stereocenters. The topological polar surface area (TPSA) is 42.5 Å². The Labute approximate surface area is 121 Å². The molecule has 0 bridgehead atoms. The Morgan fingerprint density at radius 2 is 2.10 bits per heavy atom. The van der Waals surface area contributed by atoms with E-state index in [9.17, 15) is 0 Å². The molecule has 0 amide bonds. The number of ether oxygens (including phenoxy) is 2. The van der Waals surface area contributed by atoms with E-state index >= 15 is 0 Å². The molecule has 1 aromatic rings. The van der Waals surface area contributed by atoms with Crippen LogP contribution in [-0.2, 0) is 4.74 Å². The van der Waals surface area contributed by atoms with Crippen molar-refractivity contribution in [2.24, 2.45) is 0 Å². The molecular formula is C16H26N2O2. The van der Waals surface area contributed by atoms with Crippen LogP contribution in [0.15, 0.2) is 24.3 Å². The fourth-order valence-corrected chi connectivity index (χ4v) is 2.68. The van der Waals surface area contributed by atoms with Crippen LogP contribution in [0.25, 0.3) is 0 Å². The van der Waals surface area contributed by atoms with Crippen LogP contribution in [0.1, 0.15) is 31.9 Å². The molecule has 0 radical (unpaired) electrons. The van der Waals surface area contributed by atoms with Gasteiger partial charge in [0.05, 0.1) is 20.3 Å². The van der Waals surface area contributed by atoms with Gasteiger partial charge in [0.1, 0.15) is 5.75 Å². The molecule has 1 fully saturated rings. The first-order valence-electron chi connectivity index (χ1n) is 7.40. The Balaban J connectivity index is 1.81. The van der Waals surface area contributed by atoms with Crippen molar-refractivity contribution >= 4 is 0 Å². The predicted octanol–water partition coefficient (Wildman–Crippen LogP) is 2.11. The van der Waals surface area contributed by atoms with Crippen molar-refractivity contribution in [1.82, 2.24) is 10.6 Å². The highest BCUT2D eigenvalue weighted by atomic mass is 16.5. The summed E-state index contributed by atoms with van der Waals surface area (Å²) in [6.07, 6.45) is 1.08. The van der Waals surface area contributed by atoms with Crippen molar-refractivity contribution in [3.8, 4) is 5.75 Å². The Hall–Kier alpha value is -1.10. The minimum Gasteiger partial charge on any atom is -0.497 e. The van der Waals surface area contributed by atoms with E-state index in [0.717, 1.165) is 31.9 Å². The first kappa shape index (κ1) is 15.3. The molecule has 20 heavy (non-hydrogen) atoms. The van der Waals surface area contributed by atoms with E-state index in [1.54, 1.807) is 7.11 Å². The molecule has 1 heterocycles. The normalized spacial score (nSPS) is 22.2. The van der Waals surface area contributed by atoms with Gasteiger partial charge in [-0.3, -0.25) is 0 Å². The number of hydrogen-bond acceptors (Lipinski definition) is 4. The van der Waals surface area contributed by atoms with Crippen LogP contribution in [0, 0.1) is 0 Å². The van der Waals surface area contributed by atoms with Gasteiger partial charge in [0, 0.05) is 24.7 Å². The molecule has 4 nitrogen and oxygen atoms in total. The third-order valence-electron chi connectivity index (χ3n) is 3.79. The first-order valence-corrected chi connectivity index (χ1v) is 7.40. The zero-order chi connectivity index (χ0) is 14.4. The zero-order valence-electron chi connectivity index (χ0n) is 12.7. The van der Waals surface area contributed by atoms with E-state index in [1.165, 1.54) is 5.56 Å². The molecule has 1 aromatic carbocycles. The maximum absolute atomic E-state index is 5.49. The van der Waals surface area contributed by atoms with Crippen LogP contribution >= 0.6 is 0 Å². The van der Waals surface area contributed by atoms with Crippen molar-refractivity contribution < 1.29 is 9.47 Å². The lowest BCUT2D eigenvalue weighted by Crippen LogP contribution is -2.45. The summed E-state index contributed by atoms with van der Waals surface area (Å²) in [5.41, 5.74) is 1.28. The van der Waals surface area contributed by atoms with Crippen LogP contribution in [0.3, 0.4) is 0 Å². The van der Waals surface area contributed by atoms with E-state index in [1.807, 2.05) is 12.1 Å². The molecule has 0 aromatic heterocycles. The third-order valence-corrected chi connectivity index (χ3v) is 3.79. The average Bonchev–Trinajstić information content (AvgIpc) is 2.48. The molecule has 1 saturated heterocycles. The van der Waals surface area contributed by atoms with Gasteiger partial charge in [-0.2, -0.15) is 0 Å². The second-order valence-corrected chi connectivity index (χ2v) is 5.52. The third kappa shape index (κ3) is 4.47. The Morgan fingerprint density at radius 3 is 2.70 bits per heavy atom. The van der Waals surface area contributed by atoms with Gasteiger partial charge in [-0.25, -0.2) is 0 Å². The van der Waals surface area contributed by atoms with Crippen LogP contribution in [0.2, 0.25) is 0 Å². The number of benzene rings is 1. The number of rotatable bonds is 6. The molecule has 4 heteroatoms. The molecular weight excluding hydrogens is 252 g/mol. The lowest BCUT2D eigenvalue weighted by atomic mass is 10.0. The largest absolute Gasteiger partial charge is 0.497 e. The summed E-state index contributed by atoms with van der Waals surface area (Å²) in [6, 6.07) is 9.50. The standard InChI is InChI=1S/C16H26N2O2/c1-12(10-15-11-20-9-8-17-15)18-13(2)14-4-6-16(19-3)7-5-14/h4-7,12-13,15,17-18H,8-11H2,1-3H3/t12?,13-,15?/m0/s1. The van der Waals surface area contributed by atoms with Gasteiger partial charge in [-0.05, 0) is 38.0 Å². The fraction of sp³-hybridized carbons (Fsp3) is 0.625. The van der Waals surface area contributed by atoms with Gasteiger partial charge in [0.2, 0.25) is 0 Å². The number of morpholine rings is 1. The summed E-state index contributed by atoms with van der Waals surface area (Å²) < 4.78 is 10.7. The molecule has 3 atom stereocenters. The molecule has 2 N–H and O–H groups in total. The van der Waals surface area contributed by atoms with Crippen molar-refractivity contribution in [3.05, 3.63) is 29.8 Å². The first-order chi connectivity index (χ1) is 9.69.